The van der Waals surface area contributed by atoms with Crippen molar-refractivity contribution >= 4 is 16.0 Å². The molecule has 1 saturated heterocycles. The zero-order chi connectivity index (χ0) is 20.3. The highest BCUT2D eigenvalue weighted by molar-refractivity contribution is 7.89. The minimum absolute atomic E-state index is 0.0387. The summed E-state index contributed by atoms with van der Waals surface area (Å²) in [4.78, 5) is 12.5. The molecule has 8 heteroatoms. The fourth-order valence-corrected chi connectivity index (χ4v) is 4.70. The minimum atomic E-state index is -3.50. The fraction of sp³-hybridized carbons (Fsp3) is 0.238. The van der Waals surface area contributed by atoms with Gasteiger partial charge in [0.2, 0.25) is 10.0 Å². The Balaban J connectivity index is 1.38. The Hall–Kier alpha value is -2.97. The van der Waals surface area contributed by atoms with Crippen LogP contribution in [0.2, 0.25) is 0 Å². The first kappa shape index (κ1) is 19.4. The van der Waals surface area contributed by atoms with Gasteiger partial charge in [-0.3, -0.25) is 0 Å². The SMILES string of the molecule is O=C(OCc1cc(-c2ccccc2)on1)c1ccc(S(=O)(=O)N2CCCC2)cc1. The summed E-state index contributed by atoms with van der Waals surface area (Å²) in [5.74, 6) is 0.0347. The molecule has 2 heterocycles. The van der Waals surface area contributed by atoms with Crippen molar-refractivity contribution in [3.8, 4) is 11.3 Å². The van der Waals surface area contributed by atoms with Gasteiger partial charge in [-0.25, -0.2) is 13.2 Å². The summed E-state index contributed by atoms with van der Waals surface area (Å²) in [6, 6.07) is 17.0. The standard InChI is InChI=1S/C21H20N2O5S/c24-21(27-15-18-14-20(28-22-18)16-6-2-1-3-7-16)17-8-10-19(11-9-17)29(25,26)23-12-4-5-13-23/h1-3,6-11,14H,4-5,12-13,15H2. The van der Waals surface area contributed by atoms with Gasteiger partial charge in [-0.15, -0.1) is 0 Å². The number of nitrogens with zero attached hydrogens (tertiary/aromatic N) is 2. The summed E-state index contributed by atoms with van der Waals surface area (Å²) >= 11 is 0. The van der Waals surface area contributed by atoms with Crippen molar-refractivity contribution in [1.29, 1.82) is 0 Å². The van der Waals surface area contributed by atoms with Crippen LogP contribution in [0.4, 0.5) is 0 Å². The number of ether oxygens (including phenoxy) is 1. The van der Waals surface area contributed by atoms with Gasteiger partial charge in [-0.2, -0.15) is 4.31 Å². The van der Waals surface area contributed by atoms with Crippen LogP contribution in [0.5, 0.6) is 0 Å². The van der Waals surface area contributed by atoms with Gasteiger partial charge < -0.3 is 9.26 Å². The lowest BCUT2D eigenvalue weighted by atomic mass is 10.2. The number of carbonyl (C=O) groups is 1. The zero-order valence-corrected chi connectivity index (χ0v) is 16.5. The first-order chi connectivity index (χ1) is 14.0. The fourth-order valence-electron chi connectivity index (χ4n) is 3.18. The predicted molar refractivity (Wildman–Crippen MR) is 105 cm³/mol. The molecule has 1 fully saturated rings. The van der Waals surface area contributed by atoms with Crippen LogP contribution in [-0.4, -0.2) is 36.9 Å². The molecule has 0 aliphatic carbocycles. The van der Waals surface area contributed by atoms with E-state index >= 15 is 0 Å². The van der Waals surface area contributed by atoms with Crippen LogP contribution < -0.4 is 0 Å². The van der Waals surface area contributed by atoms with E-state index in [-0.39, 0.29) is 17.1 Å². The van der Waals surface area contributed by atoms with Gasteiger partial charge >= 0.3 is 5.97 Å². The highest BCUT2D eigenvalue weighted by Crippen LogP contribution is 2.22. The Labute approximate surface area is 168 Å². The molecule has 1 aliphatic rings. The van der Waals surface area contributed by atoms with Crippen molar-refractivity contribution in [3.63, 3.8) is 0 Å². The van der Waals surface area contributed by atoms with Gasteiger partial charge in [-0.1, -0.05) is 35.5 Å². The van der Waals surface area contributed by atoms with Crippen LogP contribution >= 0.6 is 0 Å². The van der Waals surface area contributed by atoms with Gasteiger partial charge in [0, 0.05) is 24.7 Å². The molecule has 0 amide bonds. The summed E-state index contributed by atoms with van der Waals surface area (Å²) in [6.45, 7) is 1.03. The molecule has 1 aromatic heterocycles. The topological polar surface area (TPSA) is 89.7 Å². The number of esters is 1. The van der Waals surface area contributed by atoms with Crippen molar-refractivity contribution < 1.29 is 22.5 Å². The average Bonchev–Trinajstić information content (AvgIpc) is 3.45. The molecule has 150 valence electrons. The van der Waals surface area contributed by atoms with Gasteiger partial charge in [-0.05, 0) is 37.1 Å². The Kier molecular flexibility index (Phi) is 5.46. The third kappa shape index (κ3) is 4.23. The Bertz CT molecular complexity index is 1090. The number of sulfonamides is 1. The van der Waals surface area contributed by atoms with Crippen molar-refractivity contribution in [2.45, 2.75) is 24.3 Å². The first-order valence-electron chi connectivity index (χ1n) is 9.32. The number of hydrogen-bond donors (Lipinski definition) is 0. The quantitative estimate of drug-likeness (QED) is 0.576. The van der Waals surface area contributed by atoms with Gasteiger partial charge in [0.15, 0.2) is 5.76 Å². The summed E-state index contributed by atoms with van der Waals surface area (Å²) in [6.07, 6.45) is 1.75. The first-order valence-corrected chi connectivity index (χ1v) is 10.8. The van der Waals surface area contributed by atoms with E-state index in [2.05, 4.69) is 5.16 Å². The molecule has 0 unspecified atom stereocenters. The van der Waals surface area contributed by atoms with E-state index in [1.807, 2.05) is 30.3 Å². The minimum Gasteiger partial charge on any atom is -0.455 e. The van der Waals surface area contributed by atoms with Gasteiger partial charge in [0.1, 0.15) is 12.3 Å². The Morgan fingerprint density at radius 2 is 1.72 bits per heavy atom. The van der Waals surface area contributed by atoms with Crippen LogP contribution in [0.15, 0.2) is 70.1 Å². The van der Waals surface area contributed by atoms with Crippen LogP contribution in [-0.2, 0) is 21.4 Å². The highest BCUT2D eigenvalue weighted by atomic mass is 32.2. The van der Waals surface area contributed by atoms with E-state index in [0.29, 0.717) is 24.5 Å². The molecule has 7 nitrogen and oxygen atoms in total. The molecule has 0 saturated carbocycles. The van der Waals surface area contributed by atoms with E-state index in [9.17, 15) is 13.2 Å². The van der Waals surface area contributed by atoms with E-state index in [0.717, 1.165) is 18.4 Å². The smallest absolute Gasteiger partial charge is 0.338 e. The maximum atomic E-state index is 12.5. The molecule has 4 rings (SSSR count). The number of benzene rings is 2. The molecule has 0 radical (unpaired) electrons. The summed E-state index contributed by atoms with van der Waals surface area (Å²) in [5.41, 5.74) is 1.65. The van der Waals surface area contributed by atoms with Crippen LogP contribution in [0, 0.1) is 0 Å². The number of aromatic nitrogens is 1. The third-order valence-electron chi connectivity index (χ3n) is 4.76. The molecule has 0 N–H and O–H groups in total. The van der Waals surface area contributed by atoms with E-state index in [1.165, 1.54) is 28.6 Å². The molecule has 2 aromatic carbocycles. The van der Waals surface area contributed by atoms with Crippen LogP contribution in [0.25, 0.3) is 11.3 Å². The molecule has 0 atom stereocenters. The molecule has 3 aromatic rings. The normalized spacial score (nSPS) is 14.8. The predicted octanol–water partition coefficient (Wildman–Crippen LogP) is 3.48. The van der Waals surface area contributed by atoms with Gasteiger partial charge in [0.05, 0.1) is 10.5 Å². The number of rotatable bonds is 6. The molecule has 0 bridgehead atoms. The van der Waals surface area contributed by atoms with E-state index in [1.54, 1.807) is 6.07 Å². The number of hydrogen-bond acceptors (Lipinski definition) is 6. The van der Waals surface area contributed by atoms with Crippen LogP contribution in [0.3, 0.4) is 0 Å². The lowest BCUT2D eigenvalue weighted by Crippen LogP contribution is -2.27. The van der Waals surface area contributed by atoms with Crippen molar-refractivity contribution in [3.05, 3.63) is 71.9 Å². The maximum absolute atomic E-state index is 12.5. The second-order valence-electron chi connectivity index (χ2n) is 6.76. The largest absolute Gasteiger partial charge is 0.455 e. The number of carbonyl (C=O) groups excluding carboxylic acids is 1. The molecule has 29 heavy (non-hydrogen) atoms. The summed E-state index contributed by atoms with van der Waals surface area (Å²) in [7, 11) is -3.50. The second kappa shape index (κ2) is 8.18. The zero-order valence-electron chi connectivity index (χ0n) is 15.7. The van der Waals surface area contributed by atoms with Crippen molar-refractivity contribution in [1.82, 2.24) is 9.46 Å². The Morgan fingerprint density at radius 3 is 2.41 bits per heavy atom. The summed E-state index contributed by atoms with van der Waals surface area (Å²) in [5, 5.41) is 3.91. The molecular weight excluding hydrogens is 392 g/mol. The van der Waals surface area contributed by atoms with Crippen molar-refractivity contribution in [2.75, 3.05) is 13.1 Å². The van der Waals surface area contributed by atoms with Crippen LogP contribution in [0.1, 0.15) is 28.9 Å². The molecule has 1 aliphatic heterocycles. The van der Waals surface area contributed by atoms with E-state index < -0.39 is 16.0 Å². The molecular formula is C21H20N2O5S. The van der Waals surface area contributed by atoms with E-state index in [4.69, 9.17) is 9.26 Å². The average molecular weight is 412 g/mol. The van der Waals surface area contributed by atoms with Gasteiger partial charge in [0.25, 0.3) is 0 Å². The highest BCUT2D eigenvalue weighted by Gasteiger charge is 2.27. The third-order valence-corrected chi connectivity index (χ3v) is 6.67. The van der Waals surface area contributed by atoms with Crippen molar-refractivity contribution in [2.24, 2.45) is 0 Å². The molecule has 0 spiro atoms. The Morgan fingerprint density at radius 1 is 1.03 bits per heavy atom. The monoisotopic (exact) mass is 412 g/mol. The summed E-state index contributed by atoms with van der Waals surface area (Å²) < 4.78 is 37.1. The lowest BCUT2D eigenvalue weighted by molar-refractivity contribution is 0.0464. The second-order valence-corrected chi connectivity index (χ2v) is 8.70. The maximum Gasteiger partial charge on any atom is 0.338 e. The lowest BCUT2D eigenvalue weighted by Gasteiger charge is -2.15.